The molecule has 0 aliphatic heterocycles. The summed E-state index contributed by atoms with van der Waals surface area (Å²) in [5, 5.41) is 2.40. The van der Waals surface area contributed by atoms with Gasteiger partial charge in [-0.15, -0.1) is 0 Å². The highest BCUT2D eigenvalue weighted by atomic mass is 127. The SMILES string of the molecule is CC(F)(F)CC(=O)Nc1ccc(I)cc1. The maximum absolute atomic E-state index is 12.5. The first kappa shape index (κ1) is 12.4. The van der Waals surface area contributed by atoms with Crippen molar-refractivity contribution in [1.82, 2.24) is 0 Å². The third kappa shape index (κ3) is 5.06. The fraction of sp³-hybridized carbons (Fsp3) is 0.300. The van der Waals surface area contributed by atoms with E-state index in [0.29, 0.717) is 5.69 Å². The monoisotopic (exact) mass is 325 g/mol. The molecule has 2 nitrogen and oxygen atoms in total. The Kier molecular flexibility index (Phi) is 4.01. The second-order valence-corrected chi connectivity index (χ2v) is 4.55. The molecule has 0 aliphatic rings. The van der Waals surface area contributed by atoms with E-state index < -0.39 is 18.3 Å². The molecule has 0 unspecified atom stereocenters. The van der Waals surface area contributed by atoms with Gasteiger partial charge in [0.05, 0.1) is 6.42 Å². The molecule has 0 radical (unpaired) electrons. The largest absolute Gasteiger partial charge is 0.326 e. The number of rotatable bonds is 3. The molecule has 0 heterocycles. The van der Waals surface area contributed by atoms with Crippen LogP contribution in [0, 0.1) is 3.57 Å². The highest BCUT2D eigenvalue weighted by molar-refractivity contribution is 14.1. The zero-order chi connectivity index (χ0) is 11.5. The Morgan fingerprint density at radius 2 is 1.93 bits per heavy atom. The molecule has 15 heavy (non-hydrogen) atoms. The van der Waals surface area contributed by atoms with Crippen molar-refractivity contribution in [2.45, 2.75) is 19.3 Å². The molecule has 0 fully saturated rings. The summed E-state index contributed by atoms with van der Waals surface area (Å²) in [7, 11) is 0. The predicted octanol–water partition coefficient (Wildman–Crippen LogP) is 3.28. The molecule has 5 heteroatoms. The maximum Gasteiger partial charge on any atom is 0.254 e. The molecule has 1 amide bonds. The van der Waals surface area contributed by atoms with Crippen molar-refractivity contribution in [3.63, 3.8) is 0 Å². The lowest BCUT2D eigenvalue weighted by Gasteiger charge is -2.10. The molecule has 0 aliphatic carbocycles. The number of halogens is 3. The molecule has 0 aromatic heterocycles. The Hall–Kier alpha value is -0.720. The van der Waals surface area contributed by atoms with Crippen molar-refractivity contribution >= 4 is 34.2 Å². The Balaban J connectivity index is 2.55. The van der Waals surface area contributed by atoms with E-state index >= 15 is 0 Å². The summed E-state index contributed by atoms with van der Waals surface area (Å²) in [6.45, 7) is 0.723. The quantitative estimate of drug-likeness (QED) is 0.849. The first-order valence-corrected chi connectivity index (χ1v) is 5.38. The smallest absolute Gasteiger partial charge is 0.254 e. The van der Waals surface area contributed by atoms with Crippen LogP contribution in [-0.4, -0.2) is 11.8 Å². The lowest BCUT2D eigenvalue weighted by atomic mass is 10.2. The molecule has 0 bridgehead atoms. The van der Waals surface area contributed by atoms with Crippen LogP contribution in [0.15, 0.2) is 24.3 Å². The molecular formula is C10H10F2INO. The maximum atomic E-state index is 12.5. The van der Waals surface area contributed by atoms with Gasteiger partial charge in [0.2, 0.25) is 5.91 Å². The van der Waals surface area contributed by atoms with Crippen molar-refractivity contribution in [1.29, 1.82) is 0 Å². The summed E-state index contributed by atoms with van der Waals surface area (Å²) >= 11 is 2.12. The first-order chi connectivity index (χ1) is 6.87. The second kappa shape index (κ2) is 4.87. The Bertz CT molecular complexity index is 345. The molecule has 1 aromatic rings. The van der Waals surface area contributed by atoms with E-state index in [9.17, 15) is 13.6 Å². The minimum Gasteiger partial charge on any atom is -0.326 e. The Morgan fingerprint density at radius 3 is 2.40 bits per heavy atom. The lowest BCUT2D eigenvalue weighted by molar-refractivity contribution is -0.122. The van der Waals surface area contributed by atoms with E-state index in [-0.39, 0.29) is 0 Å². The van der Waals surface area contributed by atoms with E-state index in [1.54, 1.807) is 24.3 Å². The summed E-state index contributed by atoms with van der Waals surface area (Å²) in [6, 6.07) is 6.93. The van der Waals surface area contributed by atoms with Crippen LogP contribution in [0.2, 0.25) is 0 Å². The highest BCUT2D eigenvalue weighted by Gasteiger charge is 2.25. The van der Waals surface area contributed by atoms with E-state index in [2.05, 4.69) is 27.9 Å². The summed E-state index contributed by atoms with van der Waals surface area (Å²) in [5.41, 5.74) is 0.532. The van der Waals surface area contributed by atoms with Crippen LogP contribution >= 0.6 is 22.6 Å². The Morgan fingerprint density at radius 1 is 1.40 bits per heavy atom. The number of carbonyl (C=O) groups is 1. The summed E-state index contributed by atoms with van der Waals surface area (Å²) in [4.78, 5) is 11.1. The van der Waals surface area contributed by atoms with E-state index in [0.717, 1.165) is 10.5 Å². The van der Waals surface area contributed by atoms with Crippen molar-refractivity contribution in [3.05, 3.63) is 27.8 Å². The van der Waals surface area contributed by atoms with Gasteiger partial charge >= 0.3 is 0 Å². The number of amides is 1. The predicted molar refractivity (Wildman–Crippen MR) is 63.0 cm³/mol. The van der Waals surface area contributed by atoms with Gasteiger partial charge in [-0.1, -0.05) is 0 Å². The molecule has 0 atom stereocenters. The molecule has 0 saturated carbocycles. The zero-order valence-corrected chi connectivity index (χ0v) is 10.2. The van der Waals surface area contributed by atoms with Gasteiger partial charge in [-0.25, -0.2) is 8.78 Å². The first-order valence-electron chi connectivity index (χ1n) is 4.30. The molecule has 82 valence electrons. The van der Waals surface area contributed by atoms with Crippen LogP contribution < -0.4 is 5.32 Å². The van der Waals surface area contributed by atoms with Crippen LogP contribution in [0.3, 0.4) is 0 Å². The van der Waals surface area contributed by atoms with Gasteiger partial charge < -0.3 is 5.32 Å². The van der Waals surface area contributed by atoms with Crippen molar-refractivity contribution < 1.29 is 13.6 Å². The standard InChI is InChI=1S/C10H10F2INO/c1-10(11,12)6-9(15)14-8-4-2-7(13)3-5-8/h2-5H,6H2,1H3,(H,14,15). The fourth-order valence-corrected chi connectivity index (χ4v) is 1.38. The Labute approximate surface area is 100 Å². The van der Waals surface area contributed by atoms with Gasteiger partial charge in [0.25, 0.3) is 5.92 Å². The number of anilines is 1. The van der Waals surface area contributed by atoms with Gasteiger partial charge in [0.1, 0.15) is 0 Å². The van der Waals surface area contributed by atoms with E-state index in [4.69, 9.17) is 0 Å². The van der Waals surface area contributed by atoms with Gasteiger partial charge in [0.15, 0.2) is 0 Å². The topological polar surface area (TPSA) is 29.1 Å². The molecule has 1 N–H and O–H groups in total. The number of benzene rings is 1. The third-order valence-corrected chi connectivity index (χ3v) is 2.32. The zero-order valence-electron chi connectivity index (χ0n) is 8.06. The van der Waals surface area contributed by atoms with Gasteiger partial charge in [-0.3, -0.25) is 4.79 Å². The van der Waals surface area contributed by atoms with Crippen LogP contribution in [-0.2, 0) is 4.79 Å². The van der Waals surface area contributed by atoms with E-state index in [1.807, 2.05) is 0 Å². The third-order valence-electron chi connectivity index (χ3n) is 1.60. The normalized spacial score (nSPS) is 11.2. The molecule has 1 rings (SSSR count). The van der Waals surface area contributed by atoms with Crippen molar-refractivity contribution in [2.24, 2.45) is 0 Å². The summed E-state index contributed by atoms with van der Waals surface area (Å²) < 4.78 is 26.0. The van der Waals surface area contributed by atoms with Gasteiger partial charge in [-0.05, 0) is 53.8 Å². The highest BCUT2D eigenvalue weighted by Crippen LogP contribution is 2.18. The summed E-state index contributed by atoms with van der Waals surface area (Å²) in [6.07, 6.45) is -0.793. The van der Waals surface area contributed by atoms with Crippen molar-refractivity contribution in [3.8, 4) is 0 Å². The molecule has 0 spiro atoms. The number of carbonyl (C=O) groups excluding carboxylic acids is 1. The van der Waals surface area contributed by atoms with E-state index in [1.165, 1.54) is 0 Å². The van der Waals surface area contributed by atoms with Gasteiger partial charge in [-0.2, -0.15) is 0 Å². The molecule has 0 saturated heterocycles. The minimum atomic E-state index is -2.96. The molecule has 1 aromatic carbocycles. The second-order valence-electron chi connectivity index (χ2n) is 3.30. The molecular weight excluding hydrogens is 315 g/mol. The van der Waals surface area contributed by atoms with Crippen molar-refractivity contribution in [2.75, 3.05) is 5.32 Å². The van der Waals surface area contributed by atoms with Crippen LogP contribution in [0.5, 0.6) is 0 Å². The summed E-state index contributed by atoms with van der Waals surface area (Å²) in [5.74, 6) is -3.64. The number of hydrogen-bond acceptors (Lipinski definition) is 1. The fourth-order valence-electron chi connectivity index (χ4n) is 1.02. The lowest BCUT2D eigenvalue weighted by Crippen LogP contribution is -2.22. The minimum absolute atomic E-state index is 0.532. The number of hydrogen-bond donors (Lipinski definition) is 1. The van der Waals surface area contributed by atoms with Crippen LogP contribution in [0.25, 0.3) is 0 Å². The average molecular weight is 325 g/mol. The van der Waals surface area contributed by atoms with Crippen LogP contribution in [0.4, 0.5) is 14.5 Å². The number of nitrogens with one attached hydrogen (secondary N) is 1. The van der Waals surface area contributed by atoms with Crippen LogP contribution in [0.1, 0.15) is 13.3 Å². The average Bonchev–Trinajstić information content (AvgIpc) is 2.05. The number of alkyl halides is 2. The van der Waals surface area contributed by atoms with Gasteiger partial charge in [0, 0.05) is 9.26 Å².